The Bertz CT molecular complexity index is 642. The Balaban J connectivity index is 0.00000480. The molecule has 0 aromatic heterocycles. The zero-order chi connectivity index (χ0) is 21.9. The number of hydrogen-bond donors (Lipinski definition) is 3. The highest BCUT2D eigenvalue weighted by atomic mass is 127. The second-order valence-electron chi connectivity index (χ2n) is 7.48. The van der Waals surface area contributed by atoms with Crippen molar-refractivity contribution < 1.29 is 23.4 Å². The van der Waals surface area contributed by atoms with E-state index >= 15 is 0 Å². The van der Waals surface area contributed by atoms with Crippen molar-refractivity contribution in [1.29, 1.82) is 0 Å². The van der Waals surface area contributed by atoms with Gasteiger partial charge in [0.25, 0.3) is 0 Å². The maximum absolute atomic E-state index is 12.2. The molecule has 31 heavy (non-hydrogen) atoms. The normalized spacial score (nSPS) is 20.8. The SMILES string of the molecule is CCNC(=NCC(O)c1ccc(OC(F)F)cc1)NCCCN1CC(C)OC(C)C1.I. The van der Waals surface area contributed by atoms with Gasteiger partial charge in [-0.1, -0.05) is 12.1 Å². The Morgan fingerprint density at radius 3 is 2.45 bits per heavy atom. The lowest BCUT2D eigenvalue weighted by molar-refractivity contribution is -0.0679. The van der Waals surface area contributed by atoms with E-state index < -0.39 is 12.7 Å². The largest absolute Gasteiger partial charge is 0.435 e. The van der Waals surface area contributed by atoms with Gasteiger partial charge in [-0.15, -0.1) is 24.0 Å². The monoisotopic (exact) mass is 556 g/mol. The van der Waals surface area contributed by atoms with Crippen LogP contribution in [0.15, 0.2) is 29.3 Å². The van der Waals surface area contributed by atoms with Gasteiger partial charge in [-0.05, 0) is 44.9 Å². The van der Waals surface area contributed by atoms with Crippen molar-refractivity contribution >= 4 is 29.9 Å². The van der Waals surface area contributed by atoms with E-state index in [4.69, 9.17) is 4.74 Å². The molecule has 1 fully saturated rings. The van der Waals surface area contributed by atoms with Gasteiger partial charge in [-0.3, -0.25) is 9.89 Å². The minimum absolute atomic E-state index is 0. The van der Waals surface area contributed by atoms with E-state index in [0.29, 0.717) is 18.1 Å². The van der Waals surface area contributed by atoms with E-state index in [1.54, 1.807) is 12.1 Å². The first kappa shape index (κ1) is 27.8. The molecule has 7 nitrogen and oxygen atoms in total. The summed E-state index contributed by atoms with van der Waals surface area (Å²) in [6.45, 7) is 7.83. The fourth-order valence-electron chi connectivity index (χ4n) is 3.47. The van der Waals surface area contributed by atoms with Crippen molar-refractivity contribution in [3.8, 4) is 5.75 Å². The van der Waals surface area contributed by atoms with Crippen molar-refractivity contribution in [2.45, 2.75) is 52.1 Å². The fourth-order valence-corrected chi connectivity index (χ4v) is 3.47. The number of ether oxygens (including phenoxy) is 2. The second kappa shape index (κ2) is 14.8. The quantitative estimate of drug-likeness (QED) is 0.178. The molecule has 1 heterocycles. The number of nitrogens with one attached hydrogen (secondary N) is 2. The van der Waals surface area contributed by atoms with Crippen molar-refractivity contribution in [3.63, 3.8) is 0 Å². The number of hydrogen-bond acceptors (Lipinski definition) is 5. The van der Waals surface area contributed by atoms with Crippen LogP contribution in [0.2, 0.25) is 0 Å². The molecule has 1 aromatic rings. The molecule has 1 aliphatic rings. The predicted octanol–water partition coefficient (Wildman–Crippen LogP) is 2.99. The van der Waals surface area contributed by atoms with Gasteiger partial charge in [-0.25, -0.2) is 0 Å². The van der Waals surface area contributed by atoms with E-state index in [9.17, 15) is 13.9 Å². The molecule has 3 unspecified atom stereocenters. The first-order valence-corrected chi connectivity index (χ1v) is 10.5. The van der Waals surface area contributed by atoms with Crippen LogP contribution in [0.25, 0.3) is 0 Å². The van der Waals surface area contributed by atoms with Gasteiger partial charge >= 0.3 is 6.61 Å². The highest BCUT2D eigenvalue weighted by molar-refractivity contribution is 14.0. The van der Waals surface area contributed by atoms with Gasteiger partial charge in [-0.2, -0.15) is 8.78 Å². The highest BCUT2D eigenvalue weighted by Gasteiger charge is 2.21. The summed E-state index contributed by atoms with van der Waals surface area (Å²) in [5.41, 5.74) is 0.590. The molecule has 0 radical (unpaired) electrons. The van der Waals surface area contributed by atoms with E-state index in [1.807, 2.05) is 6.92 Å². The summed E-state index contributed by atoms with van der Waals surface area (Å²) in [5, 5.41) is 16.8. The van der Waals surface area contributed by atoms with Crippen LogP contribution in [0.4, 0.5) is 8.78 Å². The van der Waals surface area contributed by atoms with Gasteiger partial charge < -0.3 is 25.2 Å². The minimum Gasteiger partial charge on any atom is -0.435 e. The molecule has 1 aliphatic heterocycles. The minimum atomic E-state index is -2.87. The summed E-state index contributed by atoms with van der Waals surface area (Å²) in [6.07, 6.45) is 0.659. The Morgan fingerprint density at radius 2 is 1.87 bits per heavy atom. The Kier molecular flexibility index (Phi) is 13.2. The maximum atomic E-state index is 12.2. The molecule has 10 heteroatoms. The van der Waals surface area contributed by atoms with E-state index in [0.717, 1.165) is 32.6 Å². The number of alkyl halides is 2. The molecule has 1 saturated heterocycles. The first-order chi connectivity index (χ1) is 14.4. The number of guanidine groups is 1. The van der Waals surface area contributed by atoms with Gasteiger partial charge in [0.15, 0.2) is 5.96 Å². The van der Waals surface area contributed by atoms with Crippen LogP contribution in [0.5, 0.6) is 5.75 Å². The molecular formula is C21H35F2IN4O3. The van der Waals surface area contributed by atoms with E-state index in [-0.39, 0.29) is 48.5 Å². The number of aliphatic hydroxyl groups is 1. The smallest absolute Gasteiger partial charge is 0.387 e. The van der Waals surface area contributed by atoms with Crippen molar-refractivity contribution in [1.82, 2.24) is 15.5 Å². The molecule has 178 valence electrons. The Labute approximate surface area is 200 Å². The predicted molar refractivity (Wildman–Crippen MR) is 128 cm³/mol. The second-order valence-corrected chi connectivity index (χ2v) is 7.48. The summed E-state index contributed by atoms with van der Waals surface area (Å²) in [6, 6.07) is 5.93. The zero-order valence-corrected chi connectivity index (χ0v) is 20.7. The fraction of sp³-hybridized carbons (Fsp3) is 0.667. The van der Waals surface area contributed by atoms with Gasteiger partial charge in [0.1, 0.15) is 5.75 Å². The first-order valence-electron chi connectivity index (χ1n) is 10.5. The standard InChI is InChI=1S/C21H34F2N4O3.HI/c1-4-24-21(25-10-5-11-27-13-15(2)29-16(3)14-27)26-12-19(28)17-6-8-18(9-7-17)30-20(22)23;/h6-9,15-16,19-20,28H,4-5,10-14H2,1-3H3,(H2,24,25,26);1H. The number of rotatable bonds is 10. The van der Waals surface area contributed by atoms with Crippen LogP contribution in [0.3, 0.4) is 0 Å². The molecule has 3 atom stereocenters. The van der Waals surface area contributed by atoms with Crippen LogP contribution in [0, 0.1) is 0 Å². The average Bonchev–Trinajstić information content (AvgIpc) is 2.68. The lowest BCUT2D eigenvalue weighted by Crippen LogP contribution is -2.46. The molecular weight excluding hydrogens is 521 g/mol. The lowest BCUT2D eigenvalue weighted by Gasteiger charge is -2.35. The molecule has 0 amide bonds. The summed E-state index contributed by atoms with van der Waals surface area (Å²) in [7, 11) is 0. The molecule has 0 aliphatic carbocycles. The zero-order valence-electron chi connectivity index (χ0n) is 18.4. The van der Waals surface area contributed by atoms with Crippen LogP contribution < -0.4 is 15.4 Å². The highest BCUT2D eigenvalue weighted by Crippen LogP contribution is 2.19. The van der Waals surface area contributed by atoms with Crippen LogP contribution in [-0.2, 0) is 4.74 Å². The summed E-state index contributed by atoms with van der Waals surface area (Å²) >= 11 is 0. The maximum Gasteiger partial charge on any atom is 0.387 e. The number of halogens is 3. The summed E-state index contributed by atoms with van der Waals surface area (Å²) in [4.78, 5) is 6.84. The topological polar surface area (TPSA) is 78.4 Å². The van der Waals surface area contributed by atoms with Crippen LogP contribution >= 0.6 is 24.0 Å². The molecule has 1 aromatic carbocycles. The number of benzene rings is 1. The molecule has 0 bridgehead atoms. The Morgan fingerprint density at radius 1 is 1.23 bits per heavy atom. The van der Waals surface area contributed by atoms with E-state index in [2.05, 4.69) is 39.1 Å². The number of morpholine rings is 1. The summed E-state index contributed by atoms with van der Waals surface area (Å²) in [5.74, 6) is 0.696. The average molecular weight is 556 g/mol. The van der Waals surface area contributed by atoms with E-state index in [1.165, 1.54) is 12.1 Å². The number of nitrogens with zero attached hydrogens (tertiary/aromatic N) is 2. The van der Waals surface area contributed by atoms with Crippen molar-refractivity contribution in [2.75, 3.05) is 39.3 Å². The van der Waals surface area contributed by atoms with Crippen LogP contribution in [0.1, 0.15) is 38.9 Å². The third-order valence-electron chi connectivity index (χ3n) is 4.70. The molecule has 0 spiro atoms. The summed E-state index contributed by atoms with van der Waals surface area (Å²) < 4.78 is 34.5. The number of aliphatic imine (C=N–C) groups is 1. The Hall–Kier alpha value is -1.24. The molecule has 0 saturated carbocycles. The lowest BCUT2D eigenvalue weighted by atomic mass is 10.1. The van der Waals surface area contributed by atoms with Gasteiger partial charge in [0.05, 0.1) is 24.9 Å². The third-order valence-corrected chi connectivity index (χ3v) is 4.70. The van der Waals surface area contributed by atoms with Gasteiger partial charge in [0.2, 0.25) is 0 Å². The van der Waals surface area contributed by atoms with Gasteiger partial charge in [0, 0.05) is 32.7 Å². The van der Waals surface area contributed by atoms with Crippen LogP contribution in [-0.4, -0.2) is 74.1 Å². The third kappa shape index (κ3) is 10.8. The molecule has 2 rings (SSSR count). The van der Waals surface area contributed by atoms with Crippen molar-refractivity contribution in [2.24, 2.45) is 4.99 Å². The van der Waals surface area contributed by atoms with Crippen molar-refractivity contribution in [3.05, 3.63) is 29.8 Å². The number of aliphatic hydroxyl groups excluding tert-OH is 1. The molecule has 3 N–H and O–H groups in total.